The first kappa shape index (κ1) is 15.0. The number of carbonyl (C=O) groups is 2. The molecular formula is C16H23N3O3+2. The molecule has 0 aromatic heterocycles. The van der Waals surface area contributed by atoms with Gasteiger partial charge in [0.25, 0.3) is 5.91 Å². The van der Waals surface area contributed by atoms with Gasteiger partial charge < -0.3 is 14.5 Å². The Morgan fingerprint density at radius 2 is 1.91 bits per heavy atom. The highest BCUT2D eigenvalue weighted by atomic mass is 16.5. The number of quaternary nitrogens is 2. The number of piperazine rings is 1. The van der Waals surface area contributed by atoms with E-state index in [1.54, 1.807) is 31.4 Å². The van der Waals surface area contributed by atoms with Crippen LogP contribution in [0.1, 0.15) is 6.42 Å². The number of imide groups is 1. The van der Waals surface area contributed by atoms with E-state index in [0.717, 1.165) is 26.2 Å². The van der Waals surface area contributed by atoms with Crippen LogP contribution in [0.5, 0.6) is 5.75 Å². The molecule has 118 valence electrons. The average Bonchev–Trinajstić information content (AvgIpc) is 2.83. The zero-order valence-corrected chi connectivity index (χ0v) is 13.1. The summed E-state index contributed by atoms with van der Waals surface area (Å²) in [5.41, 5.74) is 0.607. The average molecular weight is 305 g/mol. The fraction of sp³-hybridized carbons (Fsp3) is 0.500. The normalized spacial score (nSPS) is 29.0. The standard InChI is InChI=1S/C16H21N3O3/c1-17-6-8-18(9-7-17)14-11-15(20)19(16(14)21)12-4-3-5-13(10-12)22-2/h3-5,10,14H,6-9,11H2,1-2H3/p+2/t14-/m1/s1. The number of benzene rings is 1. The summed E-state index contributed by atoms with van der Waals surface area (Å²) < 4.78 is 5.18. The van der Waals surface area contributed by atoms with Crippen molar-refractivity contribution in [1.82, 2.24) is 0 Å². The number of carbonyl (C=O) groups excluding carboxylic acids is 2. The van der Waals surface area contributed by atoms with E-state index in [0.29, 0.717) is 17.9 Å². The second-order valence-corrected chi connectivity index (χ2v) is 6.14. The topological polar surface area (TPSA) is 55.5 Å². The van der Waals surface area contributed by atoms with Gasteiger partial charge in [-0.3, -0.25) is 9.59 Å². The molecule has 6 heteroatoms. The lowest BCUT2D eigenvalue weighted by Crippen LogP contribution is -3.29. The molecule has 2 aliphatic heterocycles. The van der Waals surface area contributed by atoms with Gasteiger partial charge in [-0.15, -0.1) is 0 Å². The van der Waals surface area contributed by atoms with Crippen LogP contribution in [0, 0.1) is 0 Å². The molecule has 2 heterocycles. The fourth-order valence-electron chi connectivity index (χ4n) is 3.32. The number of hydrogen-bond donors (Lipinski definition) is 2. The minimum Gasteiger partial charge on any atom is -0.497 e. The first-order valence-electron chi connectivity index (χ1n) is 7.77. The molecule has 0 unspecified atom stereocenters. The maximum Gasteiger partial charge on any atom is 0.292 e. The van der Waals surface area contributed by atoms with Crippen LogP contribution in [-0.2, 0) is 9.59 Å². The van der Waals surface area contributed by atoms with Crippen molar-refractivity contribution in [2.75, 3.05) is 45.2 Å². The molecule has 22 heavy (non-hydrogen) atoms. The Morgan fingerprint density at radius 3 is 2.59 bits per heavy atom. The smallest absolute Gasteiger partial charge is 0.292 e. The van der Waals surface area contributed by atoms with Gasteiger partial charge in [-0.1, -0.05) is 6.07 Å². The minimum atomic E-state index is -0.230. The van der Waals surface area contributed by atoms with E-state index in [4.69, 9.17) is 4.74 Å². The predicted molar refractivity (Wildman–Crippen MR) is 81.2 cm³/mol. The molecule has 2 aliphatic rings. The number of hydrogen-bond acceptors (Lipinski definition) is 3. The van der Waals surface area contributed by atoms with Crippen LogP contribution in [0.25, 0.3) is 0 Å². The van der Waals surface area contributed by atoms with Gasteiger partial charge in [-0.2, -0.15) is 0 Å². The van der Waals surface area contributed by atoms with E-state index >= 15 is 0 Å². The predicted octanol–water partition coefficient (Wildman–Crippen LogP) is -2.26. The Labute approximate surface area is 130 Å². The molecule has 3 rings (SSSR count). The first-order chi connectivity index (χ1) is 10.6. The number of nitrogens with zero attached hydrogens (tertiary/aromatic N) is 1. The van der Waals surface area contributed by atoms with Crippen molar-refractivity contribution in [3.05, 3.63) is 24.3 Å². The van der Waals surface area contributed by atoms with Gasteiger partial charge in [0.05, 0.1) is 26.3 Å². The molecule has 1 aromatic rings. The lowest BCUT2D eigenvalue weighted by molar-refractivity contribution is -1.01. The van der Waals surface area contributed by atoms with E-state index in [2.05, 4.69) is 7.05 Å². The molecule has 0 radical (unpaired) electrons. The number of likely N-dealkylation sites (N-methyl/N-ethyl adjacent to an activating group) is 1. The van der Waals surface area contributed by atoms with Crippen molar-refractivity contribution in [2.24, 2.45) is 0 Å². The van der Waals surface area contributed by atoms with Gasteiger partial charge in [0, 0.05) is 6.07 Å². The van der Waals surface area contributed by atoms with Crippen LogP contribution < -0.4 is 19.4 Å². The monoisotopic (exact) mass is 305 g/mol. The number of methoxy groups -OCH3 is 1. The largest absolute Gasteiger partial charge is 0.497 e. The molecule has 0 aliphatic carbocycles. The van der Waals surface area contributed by atoms with Gasteiger partial charge in [-0.05, 0) is 12.1 Å². The van der Waals surface area contributed by atoms with Gasteiger partial charge in [-0.25, -0.2) is 4.90 Å². The van der Waals surface area contributed by atoms with Crippen LogP contribution in [0.2, 0.25) is 0 Å². The number of ether oxygens (including phenoxy) is 1. The van der Waals surface area contributed by atoms with Gasteiger partial charge >= 0.3 is 0 Å². The van der Waals surface area contributed by atoms with Crippen LogP contribution >= 0.6 is 0 Å². The van der Waals surface area contributed by atoms with E-state index < -0.39 is 0 Å². The van der Waals surface area contributed by atoms with E-state index in [1.165, 1.54) is 14.7 Å². The summed E-state index contributed by atoms with van der Waals surface area (Å²) in [4.78, 5) is 29.1. The maximum atomic E-state index is 12.7. The highest BCUT2D eigenvalue weighted by molar-refractivity contribution is 6.21. The molecule has 2 fully saturated rings. The van der Waals surface area contributed by atoms with E-state index in [1.807, 2.05) is 0 Å². The molecular weight excluding hydrogens is 282 g/mol. The van der Waals surface area contributed by atoms with Crippen LogP contribution in [-0.4, -0.2) is 58.2 Å². The number of anilines is 1. The fourth-order valence-corrected chi connectivity index (χ4v) is 3.32. The summed E-state index contributed by atoms with van der Waals surface area (Å²) in [5, 5.41) is 0. The van der Waals surface area contributed by atoms with Crippen LogP contribution in [0.15, 0.2) is 24.3 Å². The maximum absolute atomic E-state index is 12.7. The molecule has 0 saturated carbocycles. The second-order valence-electron chi connectivity index (χ2n) is 6.14. The van der Waals surface area contributed by atoms with Crippen molar-refractivity contribution in [2.45, 2.75) is 12.5 Å². The SMILES string of the molecule is COc1cccc(N2C(=O)C[C@@H]([NH+]3CC[NH+](C)CC3)C2=O)c1. The highest BCUT2D eigenvalue weighted by Crippen LogP contribution is 2.25. The van der Waals surface area contributed by atoms with Gasteiger partial charge in [0.2, 0.25) is 5.91 Å². The zero-order valence-electron chi connectivity index (χ0n) is 13.1. The Morgan fingerprint density at radius 1 is 1.18 bits per heavy atom. The summed E-state index contributed by atoms with van der Waals surface area (Å²) >= 11 is 0. The molecule has 1 aromatic carbocycles. The van der Waals surface area contributed by atoms with Gasteiger partial charge in [0.15, 0.2) is 6.04 Å². The molecule has 6 nitrogen and oxygen atoms in total. The molecule has 2 saturated heterocycles. The van der Waals surface area contributed by atoms with Crippen molar-refractivity contribution >= 4 is 17.5 Å². The van der Waals surface area contributed by atoms with Crippen molar-refractivity contribution < 1.29 is 24.1 Å². The van der Waals surface area contributed by atoms with Gasteiger partial charge in [0.1, 0.15) is 31.9 Å². The minimum absolute atomic E-state index is 0.0761. The highest BCUT2D eigenvalue weighted by Gasteiger charge is 2.46. The van der Waals surface area contributed by atoms with E-state index in [9.17, 15) is 9.59 Å². The Kier molecular flexibility index (Phi) is 4.13. The summed E-state index contributed by atoms with van der Waals surface area (Å²) in [6, 6.07) is 6.90. The lowest BCUT2D eigenvalue weighted by Gasteiger charge is -2.30. The Hall–Kier alpha value is -1.92. The molecule has 0 spiro atoms. The van der Waals surface area contributed by atoms with Crippen LogP contribution in [0.3, 0.4) is 0 Å². The summed E-state index contributed by atoms with van der Waals surface area (Å²) in [5.74, 6) is 0.465. The summed E-state index contributed by atoms with van der Waals surface area (Å²) in [6.07, 6.45) is 0.310. The third-order valence-electron chi connectivity index (χ3n) is 4.70. The molecule has 2 N–H and O–H groups in total. The lowest BCUT2D eigenvalue weighted by atomic mass is 10.2. The zero-order chi connectivity index (χ0) is 15.7. The Bertz CT molecular complexity index is 582. The third kappa shape index (κ3) is 2.71. The number of nitrogens with one attached hydrogen (secondary N) is 2. The summed E-state index contributed by atoms with van der Waals surface area (Å²) in [6.45, 7) is 3.99. The van der Waals surface area contributed by atoms with Crippen molar-refractivity contribution in [3.8, 4) is 5.75 Å². The van der Waals surface area contributed by atoms with Crippen molar-refractivity contribution in [3.63, 3.8) is 0 Å². The first-order valence-corrected chi connectivity index (χ1v) is 7.77. The third-order valence-corrected chi connectivity index (χ3v) is 4.70. The number of amides is 2. The summed E-state index contributed by atoms with van der Waals surface area (Å²) in [7, 11) is 3.74. The molecule has 2 amide bonds. The molecule has 1 atom stereocenters. The Balaban J connectivity index is 1.79. The van der Waals surface area contributed by atoms with E-state index in [-0.39, 0.29) is 17.9 Å². The van der Waals surface area contributed by atoms with Crippen molar-refractivity contribution in [1.29, 1.82) is 0 Å². The quantitative estimate of drug-likeness (QED) is 0.620. The second kappa shape index (κ2) is 6.06. The number of rotatable bonds is 3. The van der Waals surface area contributed by atoms with Crippen LogP contribution in [0.4, 0.5) is 5.69 Å². The molecule has 0 bridgehead atoms.